The second kappa shape index (κ2) is 3.52. The van der Waals surface area contributed by atoms with Crippen LogP contribution in [0.2, 0.25) is 0 Å². The lowest BCUT2D eigenvalue weighted by atomic mass is 12.0. The van der Waals surface area contributed by atoms with Crippen LogP contribution in [0.5, 0.6) is 0 Å². The first kappa shape index (κ1) is 8.51. The van der Waals surface area contributed by atoms with Crippen LogP contribution in [0.25, 0.3) is 0 Å². The molecule has 0 fully saturated rings. The van der Waals surface area contributed by atoms with Gasteiger partial charge in [0.2, 0.25) is 0 Å². The first-order valence-corrected chi connectivity index (χ1v) is 4.19. The standard InChI is InChI=1S/CH3ClO4S2/c1-7-6-8(3,4)5-2/h1H3. The Kier molecular flexibility index (Phi) is 3.74. The van der Waals surface area contributed by atoms with Gasteiger partial charge >= 0.3 is 10.4 Å². The van der Waals surface area contributed by atoms with Crippen molar-refractivity contribution in [1.29, 1.82) is 0 Å². The molecule has 7 heteroatoms. The fourth-order valence-electron chi connectivity index (χ4n) is 0.0938. The van der Waals surface area contributed by atoms with Crippen LogP contribution in [0, 0.1) is 0 Å². The second-order valence-electron chi connectivity index (χ2n) is 0.706. The Morgan fingerprint density at radius 1 is 1.62 bits per heavy atom. The zero-order valence-corrected chi connectivity index (χ0v) is 6.22. The lowest BCUT2D eigenvalue weighted by molar-refractivity contribution is 0.430. The highest BCUT2D eigenvalue weighted by atomic mass is 35.5. The fraction of sp³-hybridized carbons (Fsp3) is 1.00. The zero-order chi connectivity index (χ0) is 6.62. The molecule has 0 spiro atoms. The summed E-state index contributed by atoms with van der Waals surface area (Å²) >= 11 is 5.08. The SMILES string of the molecule is CSOS(=O)(=O)OCl. The van der Waals surface area contributed by atoms with Crippen LogP contribution in [0.3, 0.4) is 0 Å². The molecule has 0 amide bonds. The van der Waals surface area contributed by atoms with Gasteiger partial charge in [0.05, 0.1) is 11.9 Å². The maximum Gasteiger partial charge on any atom is 0.427 e. The van der Waals surface area contributed by atoms with Gasteiger partial charge in [-0.25, -0.2) is 0 Å². The van der Waals surface area contributed by atoms with Gasteiger partial charge in [0.15, 0.2) is 0 Å². The predicted molar refractivity (Wildman–Crippen MR) is 30.5 cm³/mol. The van der Waals surface area contributed by atoms with E-state index in [9.17, 15) is 8.42 Å². The highest BCUT2D eigenvalue weighted by molar-refractivity contribution is 8.02. The first-order chi connectivity index (χ1) is 3.62. The third kappa shape index (κ3) is 3.50. The summed E-state index contributed by atoms with van der Waals surface area (Å²) in [6.07, 6.45) is 1.42. The molecule has 4 nitrogen and oxygen atoms in total. The molecule has 0 rings (SSSR count). The second-order valence-corrected chi connectivity index (χ2v) is 2.90. The Hall–Kier alpha value is 0.510. The highest BCUT2D eigenvalue weighted by Gasteiger charge is 2.08. The van der Waals surface area contributed by atoms with E-state index >= 15 is 0 Å². The van der Waals surface area contributed by atoms with Crippen molar-refractivity contribution in [1.82, 2.24) is 0 Å². The molecule has 0 saturated carbocycles. The summed E-state index contributed by atoms with van der Waals surface area (Å²) in [5, 5.41) is 0. The molecule has 50 valence electrons. The Morgan fingerprint density at radius 3 is 2.25 bits per heavy atom. The molecule has 0 atom stereocenters. The average Bonchev–Trinajstić information content (AvgIpc) is 1.67. The van der Waals surface area contributed by atoms with E-state index in [0.29, 0.717) is 12.0 Å². The van der Waals surface area contributed by atoms with Crippen molar-refractivity contribution in [3.05, 3.63) is 0 Å². The summed E-state index contributed by atoms with van der Waals surface area (Å²) in [6.45, 7) is 0. The van der Waals surface area contributed by atoms with Gasteiger partial charge in [0.25, 0.3) is 0 Å². The quantitative estimate of drug-likeness (QED) is 0.596. The maximum atomic E-state index is 10.0. The van der Waals surface area contributed by atoms with Gasteiger partial charge < -0.3 is 0 Å². The Labute approximate surface area is 56.8 Å². The summed E-state index contributed by atoms with van der Waals surface area (Å²) in [5.41, 5.74) is 0. The third-order valence-corrected chi connectivity index (χ3v) is 2.06. The minimum Gasteiger partial charge on any atom is -0.175 e. The fourth-order valence-corrected chi connectivity index (χ4v) is 1.03. The Morgan fingerprint density at radius 2 is 2.12 bits per heavy atom. The van der Waals surface area contributed by atoms with Gasteiger partial charge in [0.1, 0.15) is 0 Å². The molecule has 0 bridgehead atoms. The molecule has 0 aliphatic rings. The van der Waals surface area contributed by atoms with Gasteiger partial charge in [-0.3, -0.25) is 0 Å². The van der Waals surface area contributed by atoms with E-state index in [1.807, 2.05) is 0 Å². The van der Waals surface area contributed by atoms with E-state index in [1.165, 1.54) is 6.26 Å². The number of hydrogen-bond acceptors (Lipinski definition) is 5. The molecule has 0 aliphatic carbocycles. The molecule has 0 N–H and O–H groups in total. The van der Waals surface area contributed by atoms with Gasteiger partial charge in [-0.15, -0.1) is 3.74 Å². The lowest BCUT2D eigenvalue weighted by Gasteiger charge is -1.91. The third-order valence-electron chi connectivity index (χ3n) is 0.229. The van der Waals surface area contributed by atoms with Gasteiger partial charge in [-0.1, -0.05) is 0 Å². The number of hydrogen-bond donors (Lipinski definition) is 0. The van der Waals surface area contributed by atoms with E-state index in [4.69, 9.17) is 0 Å². The highest BCUT2D eigenvalue weighted by Crippen LogP contribution is 2.06. The van der Waals surface area contributed by atoms with E-state index in [0.717, 1.165) is 0 Å². The topological polar surface area (TPSA) is 52.6 Å². The summed E-state index contributed by atoms with van der Waals surface area (Å²) in [5.74, 6) is 0. The van der Waals surface area contributed by atoms with Crippen LogP contribution in [0.15, 0.2) is 0 Å². The van der Waals surface area contributed by atoms with E-state index in [-0.39, 0.29) is 0 Å². The van der Waals surface area contributed by atoms with E-state index in [2.05, 4.69) is 19.2 Å². The van der Waals surface area contributed by atoms with Crippen molar-refractivity contribution in [3.8, 4) is 0 Å². The number of halogens is 1. The van der Waals surface area contributed by atoms with Crippen LogP contribution in [-0.2, 0) is 17.8 Å². The summed E-state index contributed by atoms with van der Waals surface area (Å²) in [7, 11) is -3.94. The first-order valence-electron chi connectivity index (χ1n) is 1.40. The summed E-state index contributed by atoms with van der Waals surface area (Å²) < 4.78 is 27.3. The molecule has 8 heavy (non-hydrogen) atoms. The van der Waals surface area contributed by atoms with Crippen molar-refractivity contribution >= 4 is 34.3 Å². The molecule has 0 aliphatic heterocycles. The average molecular weight is 179 g/mol. The molecule has 0 aromatic carbocycles. The van der Waals surface area contributed by atoms with Crippen LogP contribution >= 0.6 is 23.9 Å². The molecule has 0 heterocycles. The van der Waals surface area contributed by atoms with E-state index in [1.54, 1.807) is 0 Å². The van der Waals surface area contributed by atoms with Crippen molar-refractivity contribution in [2.24, 2.45) is 0 Å². The van der Waals surface area contributed by atoms with Crippen LogP contribution < -0.4 is 0 Å². The zero-order valence-electron chi connectivity index (χ0n) is 3.83. The number of rotatable bonds is 3. The summed E-state index contributed by atoms with van der Waals surface area (Å²) in [4.78, 5) is 0. The minimum atomic E-state index is -3.94. The van der Waals surface area contributed by atoms with Crippen LogP contribution in [-0.4, -0.2) is 14.7 Å². The van der Waals surface area contributed by atoms with Gasteiger partial charge in [-0.2, -0.15) is 12.0 Å². The molecule has 0 saturated heterocycles. The Bertz CT molecular complexity index is 138. The Balaban J connectivity index is 3.76. The van der Waals surface area contributed by atoms with Crippen molar-refractivity contribution in [3.63, 3.8) is 0 Å². The van der Waals surface area contributed by atoms with Crippen LogP contribution in [0.1, 0.15) is 0 Å². The normalized spacial score (nSPS) is 11.8. The van der Waals surface area contributed by atoms with E-state index < -0.39 is 10.4 Å². The molecule has 0 radical (unpaired) electrons. The molecular formula is CH3ClO4S2. The maximum absolute atomic E-state index is 10.0. The van der Waals surface area contributed by atoms with Crippen molar-refractivity contribution in [2.45, 2.75) is 0 Å². The predicted octanol–water partition coefficient (Wildman–Crippen LogP) is 0.696. The monoisotopic (exact) mass is 178 g/mol. The van der Waals surface area contributed by atoms with Crippen LogP contribution in [0.4, 0.5) is 0 Å². The van der Waals surface area contributed by atoms with Crippen molar-refractivity contribution in [2.75, 3.05) is 6.26 Å². The molecule has 0 aromatic heterocycles. The van der Waals surface area contributed by atoms with Gasteiger partial charge in [-0.05, 0) is 0 Å². The minimum absolute atomic E-state index is 0.636. The smallest absolute Gasteiger partial charge is 0.175 e. The summed E-state index contributed by atoms with van der Waals surface area (Å²) in [6, 6.07) is 0. The molecule has 0 aromatic rings. The molecule has 0 unspecified atom stereocenters. The molecular weight excluding hydrogens is 176 g/mol. The van der Waals surface area contributed by atoms with Gasteiger partial charge in [0, 0.05) is 18.3 Å². The lowest BCUT2D eigenvalue weighted by Crippen LogP contribution is -1.97. The van der Waals surface area contributed by atoms with Crippen molar-refractivity contribution < 1.29 is 15.8 Å². The largest absolute Gasteiger partial charge is 0.427 e.